The number of nitrogens with zero attached hydrogens (tertiary/aromatic N) is 3. The van der Waals surface area contributed by atoms with Crippen molar-refractivity contribution < 1.29 is 4.74 Å². The molecule has 7 heteroatoms. The van der Waals surface area contributed by atoms with Crippen LogP contribution in [0.15, 0.2) is 41.3 Å². The summed E-state index contributed by atoms with van der Waals surface area (Å²) in [5.74, 6) is 0.890. The molecule has 0 bridgehead atoms. The predicted octanol–water partition coefficient (Wildman–Crippen LogP) is 1.01. The Kier molecular flexibility index (Phi) is 5.32. The Labute approximate surface area is 141 Å². The summed E-state index contributed by atoms with van der Waals surface area (Å²) in [6.45, 7) is 5.64. The first-order chi connectivity index (χ1) is 11.8. The minimum absolute atomic E-state index is 0.180. The fourth-order valence-electron chi connectivity index (χ4n) is 2.87. The molecule has 1 aromatic carbocycles. The first kappa shape index (κ1) is 16.3. The average molecular weight is 329 g/mol. The maximum Gasteiger partial charge on any atom is 0.287 e. The van der Waals surface area contributed by atoms with Crippen LogP contribution >= 0.6 is 0 Å². The zero-order chi connectivity index (χ0) is 16.8. The Morgan fingerprint density at radius 2 is 2.08 bits per heavy atom. The van der Waals surface area contributed by atoms with E-state index >= 15 is 0 Å². The van der Waals surface area contributed by atoms with Gasteiger partial charge in [-0.2, -0.15) is 5.10 Å². The Morgan fingerprint density at radius 3 is 2.83 bits per heavy atom. The molecule has 3 rings (SSSR count). The van der Waals surface area contributed by atoms with Crippen molar-refractivity contribution in [2.24, 2.45) is 0 Å². The number of rotatable bonds is 6. The van der Waals surface area contributed by atoms with Gasteiger partial charge in [-0.15, -0.1) is 0 Å². The average Bonchev–Trinajstić information content (AvgIpc) is 2.64. The fourth-order valence-corrected chi connectivity index (χ4v) is 2.87. The van der Waals surface area contributed by atoms with Gasteiger partial charge in [0.1, 0.15) is 11.4 Å². The quantitative estimate of drug-likeness (QED) is 0.824. The molecular weight excluding hydrogens is 306 g/mol. The van der Waals surface area contributed by atoms with Crippen molar-refractivity contribution in [3.05, 3.63) is 46.9 Å². The topological polar surface area (TPSA) is 73.5 Å². The molecule has 2 heterocycles. The summed E-state index contributed by atoms with van der Waals surface area (Å²) in [7, 11) is 1.69. The van der Waals surface area contributed by atoms with E-state index in [0.717, 1.165) is 45.0 Å². The standard InChI is InChI=1S/C17H23N5O2/c1-24-15-4-2-3-14(13-15)22-11-9-21(10-12-22)8-7-18-16-5-6-19-20-17(16)23/h2-6,13H,7-12H2,1H3,(H,18,19)(H,20,23). The number of H-pyrrole nitrogens is 1. The van der Waals surface area contributed by atoms with Gasteiger partial charge in [0.2, 0.25) is 0 Å². The van der Waals surface area contributed by atoms with E-state index in [1.165, 1.54) is 5.69 Å². The van der Waals surface area contributed by atoms with Crippen molar-refractivity contribution >= 4 is 11.4 Å². The molecule has 0 spiro atoms. The SMILES string of the molecule is COc1cccc(N2CCN(CCNc3ccn[nH]c3=O)CC2)c1. The Morgan fingerprint density at radius 1 is 1.25 bits per heavy atom. The minimum atomic E-state index is -0.180. The molecule has 0 unspecified atom stereocenters. The highest BCUT2D eigenvalue weighted by molar-refractivity contribution is 5.51. The van der Waals surface area contributed by atoms with Crippen LogP contribution in [0.25, 0.3) is 0 Å². The number of ether oxygens (including phenoxy) is 1. The number of hydrogen-bond acceptors (Lipinski definition) is 6. The van der Waals surface area contributed by atoms with Crippen LogP contribution < -0.4 is 20.5 Å². The van der Waals surface area contributed by atoms with Gasteiger partial charge in [0.15, 0.2) is 0 Å². The molecule has 0 radical (unpaired) electrons. The Hall–Kier alpha value is -2.54. The molecule has 1 aliphatic rings. The van der Waals surface area contributed by atoms with Crippen LogP contribution in [0.3, 0.4) is 0 Å². The fraction of sp³-hybridized carbons (Fsp3) is 0.412. The smallest absolute Gasteiger partial charge is 0.287 e. The second-order valence-electron chi connectivity index (χ2n) is 5.76. The number of anilines is 2. The highest BCUT2D eigenvalue weighted by atomic mass is 16.5. The van der Waals surface area contributed by atoms with Gasteiger partial charge < -0.3 is 15.0 Å². The normalized spacial score (nSPS) is 15.3. The number of hydrogen-bond donors (Lipinski definition) is 2. The van der Waals surface area contributed by atoms with Crippen molar-refractivity contribution in [1.29, 1.82) is 0 Å². The van der Waals surface area contributed by atoms with Crippen LogP contribution in [-0.4, -0.2) is 61.5 Å². The third kappa shape index (κ3) is 4.05. The molecule has 128 valence electrons. The van der Waals surface area contributed by atoms with Gasteiger partial charge >= 0.3 is 0 Å². The molecular formula is C17H23N5O2. The van der Waals surface area contributed by atoms with Crippen molar-refractivity contribution in [1.82, 2.24) is 15.1 Å². The van der Waals surface area contributed by atoms with Crippen LogP contribution in [0.1, 0.15) is 0 Å². The van der Waals surface area contributed by atoms with Gasteiger partial charge in [-0.25, -0.2) is 5.10 Å². The zero-order valence-electron chi connectivity index (χ0n) is 13.9. The van der Waals surface area contributed by atoms with Gasteiger partial charge in [0, 0.05) is 57.2 Å². The van der Waals surface area contributed by atoms with E-state index in [4.69, 9.17) is 4.74 Å². The minimum Gasteiger partial charge on any atom is -0.497 e. The lowest BCUT2D eigenvalue weighted by Gasteiger charge is -2.36. The highest BCUT2D eigenvalue weighted by Crippen LogP contribution is 2.21. The van der Waals surface area contributed by atoms with Crippen LogP contribution in [0.4, 0.5) is 11.4 Å². The van der Waals surface area contributed by atoms with Crippen LogP contribution in [0.5, 0.6) is 5.75 Å². The van der Waals surface area contributed by atoms with E-state index in [1.807, 2.05) is 12.1 Å². The van der Waals surface area contributed by atoms with E-state index in [1.54, 1.807) is 19.4 Å². The monoisotopic (exact) mass is 329 g/mol. The summed E-state index contributed by atoms with van der Waals surface area (Å²) in [5, 5.41) is 9.28. The first-order valence-electron chi connectivity index (χ1n) is 8.15. The van der Waals surface area contributed by atoms with E-state index < -0.39 is 0 Å². The number of aromatic nitrogens is 2. The lowest BCUT2D eigenvalue weighted by atomic mass is 10.2. The maximum absolute atomic E-state index is 11.5. The zero-order valence-corrected chi connectivity index (χ0v) is 13.9. The second-order valence-corrected chi connectivity index (χ2v) is 5.76. The largest absolute Gasteiger partial charge is 0.497 e. The van der Waals surface area contributed by atoms with Gasteiger partial charge in [0.05, 0.1) is 7.11 Å². The van der Waals surface area contributed by atoms with Crippen molar-refractivity contribution in [2.45, 2.75) is 0 Å². The second kappa shape index (κ2) is 7.83. The maximum atomic E-state index is 11.5. The predicted molar refractivity (Wildman–Crippen MR) is 95.0 cm³/mol. The molecule has 0 amide bonds. The first-order valence-corrected chi connectivity index (χ1v) is 8.15. The Bertz CT molecular complexity index is 710. The number of nitrogens with one attached hydrogen (secondary N) is 2. The van der Waals surface area contributed by atoms with E-state index in [-0.39, 0.29) is 5.56 Å². The molecule has 2 N–H and O–H groups in total. The molecule has 7 nitrogen and oxygen atoms in total. The van der Waals surface area contributed by atoms with Gasteiger partial charge in [-0.3, -0.25) is 9.69 Å². The lowest BCUT2D eigenvalue weighted by molar-refractivity contribution is 0.267. The summed E-state index contributed by atoms with van der Waals surface area (Å²) in [5.41, 5.74) is 1.59. The molecule has 1 aromatic heterocycles. The molecule has 1 fully saturated rings. The number of piperazine rings is 1. The lowest BCUT2D eigenvalue weighted by Crippen LogP contribution is -2.47. The van der Waals surface area contributed by atoms with Crippen molar-refractivity contribution in [2.75, 3.05) is 56.6 Å². The van der Waals surface area contributed by atoms with E-state index in [2.05, 4.69) is 37.4 Å². The van der Waals surface area contributed by atoms with Gasteiger partial charge in [0.25, 0.3) is 5.56 Å². The third-order valence-electron chi connectivity index (χ3n) is 4.26. The van der Waals surface area contributed by atoms with E-state index in [9.17, 15) is 4.79 Å². The van der Waals surface area contributed by atoms with Gasteiger partial charge in [-0.1, -0.05) is 6.07 Å². The molecule has 0 atom stereocenters. The summed E-state index contributed by atoms with van der Waals surface area (Å²) < 4.78 is 5.29. The van der Waals surface area contributed by atoms with Gasteiger partial charge in [-0.05, 0) is 18.2 Å². The number of benzene rings is 1. The van der Waals surface area contributed by atoms with Crippen molar-refractivity contribution in [3.8, 4) is 5.75 Å². The third-order valence-corrected chi connectivity index (χ3v) is 4.26. The summed E-state index contributed by atoms with van der Waals surface area (Å²) in [6.07, 6.45) is 1.58. The highest BCUT2D eigenvalue weighted by Gasteiger charge is 2.17. The summed E-state index contributed by atoms with van der Waals surface area (Å²) in [4.78, 5) is 16.3. The van der Waals surface area contributed by atoms with Crippen LogP contribution in [0, 0.1) is 0 Å². The van der Waals surface area contributed by atoms with Crippen LogP contribution in [0.2, 0.25) is 0 Å². The summed E-state index contributed by atoms with van der Waals surface area (Å²) >= 11 is 0. The molecule has 0 saturated carbocycles. The van der Waals surface area contributed by atoms with Crippen molar-refractivity contribution in [3.63, 3.8) is 0 Å². The molecule has 24 heavy (non-hydrogen) atoms. The van der Waals surface area contributed by atoms with Crippen LogP contribution in [-0.2, 0) is 0 Å². The number of methoxy groups -OCH3 is 1. The number of aromatic amines is 1. The Balaban J connectivity index is 1.45. The molecule has 2 aromatic rings. The van der Waals surface area contributed by atoms with E-state index in [0.29, 0.717) is 5.69 Å². The summed E-state index contributed by atoms with van der Waals surface area (Å²) in [6, 6.07) is 9.88. The molecule has 0 aliphatic carbocycles. The molecule has 1 saturated heterocycles. The molecule has 1 aliphatic heterocycles.